The lowest BCUT2D eigenvalue weighted by Crippen LogP contribution is -2.23. The van der Waals surface area contributed by atoms with Crippen molar-refractivity contribution in [1.82, 2.24) is 19.9 Å². The Morgan fingerprint density at radius 3 is 2.85 bits per heavy atom. The number of nitrogens with one attached hydrogen (secondary N) is 2. The van der Waals surface area contributed by atoms with Crippen molar-refractivity contribution in [1.29, 1.82) is 0 Å². The van der Waals surface area contributed by atoms with Crippen LogP contribution in [0.5, 0.6) is 0 Å². The van der Waals surface area contributed by atoms with E-state index in [1.165, 1.54) is 6.20 Å². The van der Waals surface area contributed by atoms with Crippen molar-refractivity contribution in [3.05, 3.63) is 71.6 Å². The first-order valence-corrected chi connectivity index (χ1v) is 10.5. The molecule has 166 valence electrons. The molecule has 0 fully saturated rings. The van der Waals surface area contributed by atoms with Gasteiger partial charge in [0.05, 0.1) is 30.6 Å². The second-order valence-corrected chi connectivity index (χ2v) is 7.81. The molecule has 0 bridgehead atoms. The van der Waals surface area contributed by atoms with Gasteiger partial charge in [0.2, 0.25) is 0 Å². The first kappa shape index (κ1) is 20.9. The topological polar surface area (TPSA) is 122 Å². The highest BCUT2D eigenvalue weighted by molar-refractivity contribution is 6.04. The van der Waals surface area contributed by atoms with E-state index in [9.17, 15) is 9.90 Å². The number of aryl methyl sites for hydroxylation is 1. The van der Waals surface area contributed by atoms with Crippen molar-refractivity contribution in [3.8, 4) is 11.1 Å². The van der Waals surface area contributed by atoms with Gasteiger partial charge in [0.25, 0.3) is 5.91 Å². The van der Waals surface area contributed by atoms with Crippen molar-refractivity contribution in [2.24, 2.45) is 0 Å². The van der Waals surface area contributed by atoms with Crippen LogP contribution in [0.3, 0.4) is 0 Å². The highest BCUT2D eigenvalue weighted by atomic mass is 16.5. The van der Waals surface area contributed by atoms with E-state index >= 15 is 0 Å². The van der Waals surface area contributed by atoms with E-state index < -0.39 is 6.10 Å². The summed E-state index contributed by atoms with van der Waals surface area (Å²) in [7, 11) is 1.81. The number of amides is 1. The standard InChI is InChI=1S/C24H22N6O3/c1-13-18(14-5-15-9-29-22(25-2)7-20(15)28-8-14)6-16(10-27-13)30-24(32)23-19-11-33-12-21(31)17(19)3-4-26-23/h3-10,21,31H,11-12H2,1-2H3,(H,25,29)(H,30,32). The Morgan fingerprint density at radius 2 is 2.00 bits per heavy atom. The van der Waals surface area contributed by atoms with Crippen LogP contribution in [-0.4, -0.2) is 44.6 Å². The van der Waals surface area contributed by atoms with Gasteiger partial charge in [-0.3, -0.25) is 19.7 Å². The number of nitrogens with zero attached hydrogens (tertiary/aromatic N) is 4. The first-order valence-electron chi connectivity index (χ1n) is 10.5. The molecule has 1 amide bonds. The van der Waals surface area contributed by atoms with Crippen molar-refractivity contribution in [2.45, 2.75) is 19.6 Å². The molecule has 1 aliphatic rings. The maximum absolute atomic E-state index is 13.0. The lowest BCUT2D eigenvalue weighted by Gasteiger charge is -2.23. The molecular formula is C24H22N6O3. The zero-order valence-corrected chi connectivity index (χ0v) is 18.2. The minimum atomic E-state index is -0.768. The summed E-state index contributed by atoms with van der Waals surface area (Å²) >= 11 is 0. The fourth-order valence-electron chi connectivity index (χ4n) is 3.92. The third-order valence-electron chi connectivity index (χ3n) is 5.67. The molecule has 0 aromatic carbocycles. The van der Waals surface area contributed by atoms with Crippen LogP contribution in [0.1, 0.15) is 33.4 Å². The molecule has 0 saturated heterocycles. The molecule has 3 N–H and O–H groups in total. The summed E-state index contributed by atoms with van der Waals surface area (Å²) < 4.78 is 5.39. The molecule has 1 atom stereocenters. The molecule has 33 heavy (non-hydrogen) atoms. The Kier molecular flexibility index (Phi) is 5.41. The smallest absolute Gasteiger partial charge is 0.274 e. The average Bonchev–Trinajstić information content (AvgIpc) is 2.84. The molecule has 0 radical (unpaired) electrons. The van der Waals surface area contributed by atoms with Crippen molar-refractivity contribution in [2.75, 3.05) is 24.3 Å². The van der Waals surface area contributed by atoms with Gasteiger partial charge in [-0.1, -0.05) is 0 Å². The van der Waals surface area contributed by atoms with E-state index in [0.29, 0.717) is 16.8 Å². The summed E-state index contributed by atoms with van der Waals surface area (Å²) in [6.45, 7) is 2.34. The zero-order chi connectivity index (χ0) is 22.9. The largest absolute Gasteiger partial charge is 0.386 e. The molecule has 1 unspecified atom stereocenters. The van der Waals surface area contributed by atoms with Gasteiger partial charge in [-0.15, -0.1) is 0 Å². The number of aliphatic hydroxyl groups excluding tert-OH is 1. The maximum atomic E-state index is 13.0. The quantitative estimate of drug-likeness (QED) is 0.440. The number of anilines is 2. The van der Waals surface area contributed by atoms with E-state index in [1.807, 2.05) is 32.2 Å². The summed E-state index contributed by atoms with van der Waals surface area (Å²) in [5.74, 6) is 0.363. The van der Waals surface area contributed by atoms with E-state index in [4.69, 9.17) is 4.74 Å². The van der Waals surface area contributed by atoms with Gasteiger partial charge in [-0.25, -0.2) is 4.98 Å². The number of hydrogen-bond donors (Lipinski definition) is 3. The first-order chi connectivity index (χ1) is 16.0. The molecule has 0 spiro atoms. The molecule has 9 nitrogen and oxygen atoms in total. The number of pyridine rings is 4. The van der Waals surface area contributed by atoms with E-state index in [0.717, 1.165) is 33.5 Å². The Hall–Kier alpha value is -3.95. The average molecular weight is 442 g/mol. The molecule has 4 aromatic heterocycles. The number of aliphatic hydroxyl groups is 1. The van der Waals surface area contributed by atoms with E-state index in [1.54, 1.807) is 24.7 Å². The number of ether oxygens (including phenoxy) is 1. The monoisotopic (exact) mass is 442 g/mol. The maximum Gasteiger partial charge on any atom is 0.274 e. The lowest BCUT2D eigenvalue weighted by molar-refractivity contribution is 0.00918. The number of rotatable bonds is 4. The Balaban J connectivity index is 1.46. The SMILES string of the molecule is CNc1cc2ncc(-c3cc(NC(=O)c4nccc5c4COCC5O)cnc3C)cc2cn1. The number of carbonyl (C=O) groups is 1. The van der Waals surface area contributed by atoms with Gasteiger partial charge in [0, 0.05) is 59.5 Å². The second-order valence-electron chi connectivity index (χ2n) is 7.81. The van der Waals surface area contributed by atoms with Crippen LogP contribution in [0.15, 0.2) is 49.1 Å². The molecular weight excluding hydrogens is 420 g/mol. The van der Waals surface area contributed by atoms with Gasteiger partial charge in [-0.2, -0.15) is 0 Å². The third-order valence-corrected chi connectivity index (χ3v) is 5.67. The molecule has 1 aliphatic heterocycles. The molecule has 9 heteroatoms. The van der Waals surface area contributed by atoms with Crippen LogP contribution in [0.4, 0.5) is 11.5 Å². The van der Waals surface area contributed by atoms with Crippen LogP contribution in [0.25, 0.3) is 22.0 Å². The van der Waals surface area contributed by atoms with Gasteiger partial charge in [0.1, 0.15) is 17.6 Å². The highest BCUT2D eigenvalue weighted by Crippen LogP contribution is 2.29. The van der Waals surface area contributed by atoms with Crippen molar-refractivity contribution in [3.63, 3.8) is 0 Å². The Morgan fingerprint density at radius 1 is 1.12 bits per heavy atom. The van der Waals surface area contributed by atoms with Crippen LogP contribution >= 0.6 is 0 Å². The van der Waals surface area contributed by atoms with Crippen molar-refractivity contribution < 1.29 is 14.6 Å². The summed E-state index contributed by atoms with van der Waals surface area (Å²) in [5.41, 5.74) is 5.38. The predicted octanol–water partition coefficient (Wildman–Crippen LogP) is 3.25. The summed E-state index contributed by atoms with van der Waals surface area (Å²) in [4.78, 5) is 30.6. The Labute approximate surface area is 189 Å². The predicted molar refractivity (Wildman–Crippen MR) is 124 cm³/mol. The van der Waals surface area contributed by atoms with Crippen LogP contribution in [0, 0.1) is 6.92 Å². The highest BCUT2D eigenvalue weighted by Gasteiger charge is 2.25. The molecule has 5 heterocycles. The van der Waals surface area contributed by atoms with Gasteiger partial charge in [-0.05, 0) is 30.7 Å². The lowest BCUT2D eigenvalue weighted by atomic mass is 10.00. The van der Waals surface area contributed by atoms with Crippen molar-refractivity contribution >= 4 is 28.3 Å². The number of aromatic nitrogens is 4. The third kappa shape index (κ3) is 3.99. The zero-order valence-electron chi connectivity index (χ0n) is 18.2. The number of hydrogen-bond acceptors (Lipinski definition) is 8. The van der Waals surface area contributed by atoms with Gasteiger partial charge in [0.15, 0.2) is 0 Å². The van der Waals surface area contributed by atoms with E-state index in [2.05, 4.69) is 30.6 Å². The second kappa shape index (κ2) is 8.53. The van der Waals surface area contributed by atoms with E-state index in [-0.39, 0.29) is 24.8 Å². The fraction of sp³-hybridized carbons (Fsp3) is 0.208. The Bertz CT molecular complexity index is 1370. The normalized spacial score (nSPS) is 15.2. The number of carbonyl (C=O) groups excluding carboxylic acids is 1. The summed E-state index contributed by atoms with van der Waals surface area (Å²) in [6.07, 6.45) is 5.91. The summed E-state index contributed by atoms with van der Waals surface area (Å²) in [5, 5.41) is 16.9. The minimum Gasteiger partial charge on any atom is -0.386 e. The molecule has 0 aliphatic carbocycles. The van der Waals surface area contributed by atoms with Gasteiger partial charge >= 0.3 is 0 Å². The fourth-order valence-corrected chi connectivity index (χ4v) is 3.92. The van der Waals surface area contributed by atoms with Crippen LogP contribution < -0.4 is 10.6 Å². The van der Waals surface area contributed by atoms with Crippen LogP contribution in [0.2, 0.25) is 0 Å². The molecule has 5 rings (SSSR count). The number of fused-ring (bicyclic) bond motifs is 2. The minimum absolute atomic E-state index is 0.203. The van der Waals surface area contributed by atoms with Crippen LogP contribution in [-0.2, 0) is 11.3 Å². The summed E-state index contributed by atoms with van der Waals surface area (Å²) in [6, 6.07) is 7.46. The molecule has 0 saturated carbocycles. The molecule has 4 aromatic rings. The van der Waals surface area contributed by atoms with Gasteiger partial charge < -0.3 is 20.5 Å².